The summed E-state index contributed by atoms with van der Waals surface area (Å²) < 4.78 is 14.0. The summed E-state index contributed by atoms with van der Waals surface area (Å²) in [5.74, 6) is -0.582. The molecule has 0 spiro atoms. The van der Waals surface area contributed by atoms with Crippen molar-refractivity contribution >= 4 is 5.91 Å². The highest BCUT2D eigenvalue weighted by Crippen LogP contribution is 2.17. The predicted octanol–water partition coefficient (Wildman–Crippen LogP) is 2.30. The van der Waals surface area contributed by atoms with E-state index in [1.807, 2.05) is 0 Å². The van der Waals surface area contributed by atoms with E-state index in [2.05, 4.69) is 18.7 Å². The maximum absolute atomic E-state index is 14.0. The van der Waals surface area contributed by atoms with E-state index in [0.29, 0.717) is 24.7 Å². The first kappa shape index (κ1) is 14.0. The second-order valence-electron chi connectivity index (χ2n) is 5.17. The summed E-state index contributed by atoms with van der Waals surface area (Å²) in [5, 5.41) is 0. The minimum atomic E-state index is -0.391. The van der Waals surface area contributed by atoms with Gasteiger partial charge in [-0.2, -0.15) is 0 Å². The molecule has 0 aliphatic carbocycles. The van der Waals surface area contributed by atoms with Crippen LogP contribution < -0.4 is 0 Å². The lowest BCUT2D eigenvalue weighted by molar-refractivity contribution is 0.0524. The monoisotopic (exact) mass is 264 g/mol. The number of hydrogen-bond acceptors (Lipinski definition) is 2. The molecule has 1 heterocycles. The standard InChI is InChI=1S/C15H21FN2O/c1-4-17-8-9-18(10-12(17)3)15(19)13-7-5-6-11(2)14(13)16/h5-7,12H,4,8-10H2,1-3H3. The second kappa shape index (κ2) is 5.70. The van der Waals surface area contributed by atoms with Crippen LogP contribution in [0.4, 0.5) is 4.39 Å². The van der Waals surface area contributed by atoms with E-state index in [1.165, 1.54) is 0 Å². The van der Waals surface area contributed by atoms with Gasteiger partial charge in [-0.15, -0.1) is 0 Å². The van der Waals surface area contributed by atoms with Gasteiger partial charge in [0.2, 0.25) is 0 Å². The molecule has 1 fully saturated rings. The smallest absolute Gasteiger partial charge is 0.256 e. The number of amides is 1. The number of hydrogen-bond donors (Lipinski definition) is 0. The summed E-state index contributed by atoms with van der Waals surface area (Å²) in [4.78, 5) is 16.5. The molecule has 1 atom stereocenters. The molecule has 0 bridgehead atoms. The van der Waals surface area contributed by atoms with Crippen molar-refractivity contribution in [3.05, 3.63) is 35.1 Å². The molecule has 104 valence electrons. The summed E-state index contributed by atoms with van der Waals surface area (Å²) >= 11 is 0. The molecule has 0 radical (unpaired) electrons. The van der Waals surface area contributed by atoms with Gasteiger partial charge >= 0.3 is 0 Å². The van der Waals surface area contributed by atoms with Gasteiger partial charge in [0, 0.05) is 25.7 Å². The Morgan fingerprint density at radius 2 is 2.16 bits per heavy atom. The molecule has 2 rings (SSSR count). The average Bonchev–Trinajstić information content (AvgIpc) is 2.41. The van der Waals surface area contributed by atoms with Crippen molar-refractivity contribution in [2.45, 2.75) is 26.8 Å². The van der Waals surface area contributed by atoms with Crippen LogP contribution in [0.25, 0.3) is 0 Å². The van der Waals surface area contributed by atoms with E-state index in [-0.39, 0.29) is 11.5 Å². The van der Waals surface area contributed by atoms with Crippen LogP contribution in [0.2, 0.25) is 0 Å². The van der Waals surface area contributed by atoms with Gasteiger partial charge in [-0.05, 0) is 32.0 Å². The van der Waals surface area contributed by atoms with Gasteiger partial charge in [0.25, 0.3) is 5.91 Å². The van der Waals surface area contributed by atoms with E-state index < -0.39 is 5.82 Å². The number of benzene rings is 1. The number of nitrogens with zero attached hydrogens (tertiary/aromatic N) is 2. The minimum Gasteiger partial charge on any atom is -0.336 e. The zero-order valence-electron chi connectivity index (χ0n) is 11.8. The molecule has 1 aliphatic rings. The van der Waals surface area contributed by atoms with Crippen molar-refractivity contribution < 1.29 is 9.18 Å². The van der Waals surface area contributed by atoms with E-state index in [9.17, 15) is 9.18 Å². The van der Waals surface area contributed by atoms with Crippen molar-refractivity contribution in [2.75, 3.05) is 26.2 Å². The normalized spacial score (nSPS) is 20.6. The number of carbonyl (C=O) groups is 1. The Morgan fingerprint density at radius 3 is 2.79 bits per heavy atom. The summed E-state index contributed by atoms with van der Waals surface area (Å²) in [7, 11) is 0. The first-order chi connectivity index (χ1) is 9.04. The van der Waals surface area contributed by atoms with Crippen LogP contribution in [-0.2, 0) is 0 Å². The molecule has 4 heteroatoms. The Labute approximate surface area is 114 Å². The molecule has 0 saturated carbocycles. The molecule has 1 aliphatic heterocycles. The zero-order valence-corrected chi connectivity index (χ0v) is 11.8. The van der Waals surface area contributed by atoms with Gasteiger partial charge in [-0.1, -0.05) is 19.1 Å². The Bertz CT molecular complexity index is 475. The average molecular weight is 264 g/mol. The molecule has 1 aromatic rings. The van der Waals surface area contributed by atoms with Crippen LogP contribution in [0.1, 0.15) is 29.8 Å². The van der Waals surface area contributed by atoms with Crippen molar-refractivity contribution in [3.8, 4) is 0 Å². The van der Waals surface area contributed by atoms with E-state index in [0.717, 1.165) is 13.1 Å². The van der Waals surface area contributed by atoms with Crippen LogP contribution in [0.15, 0.2) is 18.2 Å². The highest BCUT2D eigenvalue weighted by molar-refractivity contribution is 5.94. The van der Waals surface area contributed by atoms with Crippen molar-refractivity contribution in [3.63, 3.8) is 0 Å². The highest BCUT2D eigenvalue weighted by Gasteiger charge is 2.27. The van der Waals surface area contributed by atoms with E-state index in [1.54, 1.807) is 30.0 Å². The maximum Gasteiger partial charge on any atom is 0.256 e. The van der Waals surface area contributed by atoms with Crippen molar-refractivity contribution in [2.24, 2.45) is 0 Å². The van der Waals surface area contributed by atoms with Crippen LogP contribution in [0.5, 0.6) is 0 Å². The third kappa shape index (κ3) is 2.78. The van der Waals surface area contributed by atoms with E-state index in [4.69, 9.17) is 0 Å². The number of aryl methyl sites for hydroxylation is 1. The SMILES string of the molecule is CCN1CCN(C(=O)c2cccc(C)c2F)CC1C. The van der Waals surface area contributed by atoms with Crippen molar-refractivity contribution in [1.29, 1.82) is 0 Å². The number of rotatable bonds is 2. The highest BCUT2D eigenvalue weighted by atomic mass is 19.1. The second-order valence-corrected chi connectivity index (χ2v) is 5.17. The number of piperazine rings is 1. The molecular formula is C15H21FN2O. The van der Waals surface area contributed by atoms with Gasteiger partial charge in [0.15, 0.2) is 0 Å². The Kier molecular flexibility index (Phi) is 4.20. The first-order valence-corrected chi connectivity index (χ1v) is 6.83. The molecule has 0 N–H and O–H groups in total. The summed E-state index contributed by atoms with van der Waals surface area (Å²) in [6.45, 7) is 9.09. The lowest BCUT2D eigenvalue weighted by atomic mass is 10.1. The van der Waals surface area contributed by atoms with Crippen molar-refractivity contribution in [1.82, 2.24) is 9.80 Å². The fourth-order valence-electron chi connectivity index (χ4n) is 2.63. The molecule has 1 unspecified atom stereocenters. The van der Waals surface area contributed by atoms with Gasteiger partial charge in [0.05, 0.1) is 5.56 Å². The molecular weight excluding hydrogens is 243 g/mol. The predicted molar refractivity (Wildman–Crippen MR) is 73.7 cm³/mol. The van der Waals surface area contributed by atoms with Gasteiger partial charge in [-0.3, -0.25) is 9.69 Å². The van der Waals surface area contributed by atoms with Gasteiger partial charge in [0.1, 0.15) is 5.82 Å². The van der Waals surface area contributed by atoms with Gasteiger partial charge < -0.3 is 4.90 Å². The van der Waals surface area contributed by atoms with Gasteiger partial charge in [-0.25, -0.2) is 4.39 Å². The summed E-state index contributed by atoms with van der Waals surface area (Å²) in [6.07, 6.45) is 0. The molecule has 3 nitrogen and oxygen atoms in total. The topological polar surface area (TPSA) is 23.6 Å². The minimum absolute atomic E-state index is 0.191. The van der Waals surface area contributed by atoms with Crippen LogP contribution in [0.3, 0.4) is 0 Å². The summed E-state index contributed by atoms with van der Waals surface area (Å²) in [5.41, 5.74) is 0.711. The number of halogens is 1. The third-order valence-corrected chi connectivity index (χ3v) is 3.88. The zero-order chi connectivity index (χ0) is 14.0. The molecule has 1 amide bonds. The van der Waals surface area contributed by atoms with Crippen LogP contribution in [0, 0.1) is 12.7 Å². The van der Waals surface area contributed by atoms with E-state index >= 15 is 0 Å². The maximum atomic E-state index is 14.0. The quantitative estimate of drug-likeness (QED) is 0.818. The fraction of sp³-hybridized carbons (Fsp3) is 0.533. The third-order valence-electron chi connectivity index (χ3n) is 3.88. The van der Waals surface area contributed by atoms with Crippen LogP contribution >= 0.6 is 0 Å². The number of carbonyl (C=O) groups excluding carboxylic acids is 1. The Morgan fingerprint density at radius 1 is 1.42 bits per heavy atom. The fourth-order valence-corrected chi connectivity index (χ4v) is 2.63. The molecule has 1 aromatic carbocycles. The molecule has 0 aromatic heterocycles. The molecule has 1 saturated heterocycles. The lowest BCUT2D eigenvalue weighted by Crippen LogP contribution is -2.53. The largest absolute Gasteiger partial charge is 0.336 e. The summed E-state index contributed by atoms with van der Waals surface area (Å²) in [6, 6.07) is 5.32. The Balaban J connectivity index is 2.15. The Hall–Kier alpha value is -1.42. The number of likely N-dealkylation sites (N-methyl/N-ethyl adjacent to an activating group) is 1. The molecule has 19 heavy (non-hydrogen) atoms. The van der Waals surface area contributed by atoms with Crippen LogP contribution in [-0.4, -0.2) is 47.9 Å². The lowest BCUT2D eigenvalue weighted by Gasteiger charge is -2.39. The first-order valence-electron chi connectivity index (χ1n) is 6.83.